The smallest absolute Gasteiger partial charge is 0.224 e. The largest absolute Gasteiger partial charge is 0.494 e. The van der Waals surface area contributed by atoms with Crippen molar-refractivity contribution in [3.05, 3.63) is 35.9 Å². The Bertz CT molecular complexity index is 363. The Balaban J connectivity index is 3.13. The predicted octanol–water partition coefficient (Wildman–Crippen LogP) is 2.04. The normalized spacial score (nSPS) is 9.57. The van der Waals surface area contributed by atoms with Crippen LogP contribution in [-0.4, -0.2) is 17.9 Å². The third-order valence-corrected chi connectivity index (χ3v) is 1.68. The van der Waals surface area contributed by atoms with Crippen molar-refractivity contribution in [2.75, 3.05) is 6.61 Å². The van der Waals surface area contributed by atoms with Crippen LogP contribution < -0.4 is 0 Å². The van der Waals surface area contributed by atoms with Gasteiger partial charge in [-0.25, -0.2) is 4.98 Å². The first kappa shape index (κ1) is 10.4. The second-order valence-electron chi connectivity index (χ2n) is 2.54. The number of carbonyl (C=O) groups excluding carboxylic acids is 1. The molecule has 1 aromatic heterocycles. The molecule has 0 aliphatic rings. The molecule has 0 aromatic carbocycles. The molecule has 0 radical (unpaired) electrons. The fourth-order valence-corrected chi connectivity index (χ4v) is 1.05. The zero-order chi connectivity index (χ0) is 10.6. The lowest BCUT2D eigenvalue weighted by Gasteiger charge is -2.08. The van der Waals surface area contributed by atoms with Crippen LogP contribution in [0.25, 0.3) is 5.76 Å². The lowest BCUT2D eigenvalue weighted by atomic mass is 10.1. The highest BCUT2D eigenvalue weighted by Crippen LogP contribution is 2.18. The fourth-order valence-electron chi connectivity index (χ4n) is 1.05. The Labute approximate surface area is 81.2 Å². The van der Waals surface area contributed by atoms with E-state index < -0.39 is 5.95 Å². The summed E-state index contributed by atoms with van der Waals surface area (Å²) in [7, 11) is 0. The van der Waals surface area contributed by atoms with Crippen LogP contribution in [0.2, 0.25) is 0 Å². The van der Waals surface area contributed by atoms with Crippen LogP contribution in [0.4, 0.5) is 4.39 Å². The van der Waals surface area contributed by atoms with E-state index in [4.69, 9.17) is 4.74 Å². The molecule has 0 fully saturated rings. The minimum absolute atomic E-state index is 0.119. The zero-order valence-corrected chi connectivity index (χ0v) is 7.79. The van der Waals surface area contributed by atoms with E-state index >= 15 is 0 Å². The Morgan fingerprint density at radius 2 is 2.50 bits per heavy atom. The van der Waals surface area contributed by atoms with Gasteiger partial charge in [0.1, 0.15) is 5.76 Å². The lowest BCUT2D eigenvalue weighted by Crippen LogP contribution is -2.00. The summed E-state index contributed by atoms with van der Waals surface area (Å²) < 4.78 is 18.1. The van der Waals surface area contributed by atoms with E-state index in [1.165, 1.54) is 12.3 Å². The van der Waals surface area contributed by atoms with E-state index in [2.05, 4.69) is 11.6 Å². The maximum absolute atomic E-state index is 13.0. The number of halogens is 1. The molecule has 0 unspecified atom stereocenters. The molecule has 74 valence electrons. The monoisotopic (exact) mass is 195 g/mol. The van der Waals surface area contributed by atoms with Gasteiger partial charge in [0.2, 0.25) is 5.95 Å². The molecule has 1 heterocycles. The van der Waals surface area contributed by atoms with Gasteiger partial charge in [-0.15, -0.1) is 0 Å². The summed E-state index contributed by atoms with van der Waals surface area (Å²) in [6.07, 6.45) is 1.67. The van der Waals surface area contributed by atoms with E-state index in [1.807, 2.05) is 0 Å². The van der Waals surface area contributed by atoms with Crippen molar-refractivity contribution in [3.8, 4) is 0 Å². The molecular formula is C10H10FNO2. The summed E-state index contributed by atoms with van der Waals surface area (Å²) in [5, 5.41) is 0. The van der Waals surface area contributed by atoms with Crippen molar-refractivity contribution in [2.45, 2.75) is 6.92 Å². The van der Waals surface area contributed by atoms with E-state index in [1.54, 1.807) is 6.92 Å². The van der Waals surface area contributed by atoms with E-state index in [0.717, 1.165) is 0 Å². The summed E-state index contributed by atoms with van der Waals surface area (Å²) >= 11 is 0. The van der Waals surface area contributed by atoms with Crippen LogP contribution in [0.1, 0.15) is 22.8 Å². The van der Waals surface area contributed by atoms with Crippen molar-refractivity contribution in [1.29, 1.82) is 0 Å². The van der Waals surface area contributed by atoms with Gasteiger partial charge in [-0.3, -0.25) is 4.79 Å². The number of rotatable bonds is 4. The van der Waals surface area contributed by atoms with Gasteiger partial charge in [-0.05, 0) is 13.0 Å². The summed E-state index contributed by atoms with van der Waals surface area (Å²) in [5.74, 6) is -0.533. The van der Waals surface area contributed by atoms with Gasteiger partial charge in [0, 0.05) is 11.8 Å². The van der Waals surface area contributed by atoms with Crippen LogP contribution in [0.5, 0.6) is 0 Å². The minimum atomic E-state index is -0.807. The quantitative estimate of drug-likeness (QED) is 0.419. The van der Waals surface area contributed by atoms with Gasteiger partial charge in [0.25, 0.3) is 0 Å². The topological polar surface area (TPSA) is 39.2 Å². The average molecular weight is 195 g/mol. The Morgan fingerprint density at radius 1 is 1.79 bits per heavy atom. The standard InChI is InChI=1S/C10H10FNO2/c1-3-14-7(2)8-4-5-12-10(11)9(8)6-13/h4-6H,2-3H2,1H3. The second kappa shape index (κ2) is 4.50. The van der Waals surface area contributed by atoms with Gasteiger partial charge in [0.05, 0.1) is 12.2 Å². The number of hydrogen-bond donors (Lipinski definition) is 0. The molecular weight excluding hydrogens is 185 g/mol. The predicted molar refractivity (Wildman–Crippen MR) is 50.2 cm³/mol. The second-order valence-corrected chi connectivity index (χ2v) is 2.54. The molecule has 3 nitrogen and oxygen atoms in total. The van der Waals surface area contributed by atoms with Crippen molar-refractivity contribution in [1.82, 2.24) is 4.98 Å². The van der Waals surface area contributed by atoms with Gasteiger partial charge in [0.15, 0.2) is 6.29 Å². The van der Waals surface area contributed by atoms with Crippen LogP contribution in [0, 0.1) is 5.95 Å². The third kappa shape index (κ3) is 1.96. The average Bonchev–Trinajstić information content (AvgIpc) is 2.17. The highest BCUT2D eigenvalue weighted by molar-refractivity contribution is 5.83. The van der Waals surface area contributed by atoms with Crippen molar-refractivity contribution in [2.24, 2.45) is 0 Å². The maximum Gasteiger partial charge on any atom is 0.224 e. The summed E-state index contributed by atoms with van der Waals surface area (Å²) in [6.45, 7) is 5.79. The van der Waals surface area contributed by atoms with Gasteiger partial charge >= 0.3 is 0 Å². The molecule has 1 aromatic rings. The Morgan fingerprint density at radius 3 is 3.07 bits per heavy atom. The molecule has 0 aliphatic heterocycles. The minimum Gasteiger partial charge on any atom is -0.494 e. The van der Waals surface area contributed by atoms with Gasteiger partial charge < -0.3 is 4.74 Å². The Kier molecular flexibility index (Phi) is 3.34. The molecule has 0 bridgehead atoms. The van der Waals surface area contributed by atoms with Crippen molar-refractivity contribution >= 4 is 12.0 Å². The van der Waals surface area contributed by atoms with E-state index in [0.29, 0.717) is 18.5 Å². The highest BCUT2D eigenvalue weighted by atomic mass is 19.1. The third-order valence-electron chi connectivity index (χ3n) is 1.68. The number of aromatic nitrogens is 1. The summed E-state index contributed by atoms with van der Waals surface area (Å²) in [6, 6.07) is 1.49. The Hall–Kier alpha value is -1.71. The number of ether oxygens (including phenoxy) is 1. The van der Waals surface area contributed by atoms with Crippen LogP contribution in [-0.2, 0) is 4.74 Å². The first-order valence-electron chi connectivity index (χ1n) is 4.12. The maximum atomic E-state index is 13.0. The molecule has 1 rings (SSSR count). The molecule has 0 spiro atoms. The molecule has 0 saturated carbocycles. The van der Waals surface area contributed by atoms with Crippen molar-refractivity contribution in [3.63, 3.8) is 0 Å². The number of pyridine rings is 1. The number of hydrogen-bond acceptors (Lipinski definition) is 3. The SMILES string of the molecule is C=C(OCC)c1ccnc(F)c1C=O. The lowest BCUT2D eigenvalue weighted by molar-refractivity contribution is 0.111. The van der Waals surface area contributed by atoms with Crippen LogP contribution in [0.3, 0.4) is 0 Å². The molecule has 0 aliphatic carbocycles. The van der Waals surface area contributed by atoms with Gasteiger partial charge in [-0.1, -0.05) is 6.58 Å². The van der Waals surface area contributed by atoms with Crippen molar-refractivity contribution < 1.29 is 13.9 Å². The number of aldehydes is 1. The molecule has 0 atom stereocenters. The van der Waals surface area contributed by atoms with Crippen LogP contribution >= 0.6 is 0 Å². The first-order chi connectivity index (χ1) is 6.70. The number of carbonyl (C=O) groups is 1. The van der Waals surface area contributed by atoms with E-state index in [9.17, 15) is 9.18 Å². The van der Waals surface area contributed by atoms with E-state index in [-0.39, 0.29) is 11.3 Å². The number of nitrogens with zero attached hydrogens (tertiary/aromatic N) is 1. The fraction of sp³-hybridized carbons (Fsp3) is 0.200. The molecule has 4 heteroatoms. The highest BCUT2D eigenvalue weighted by Gasteiger charge is 2.11. The molecule has 0 amide bonds. The zero-order valence-electron chi connectivity index (χ0n) is 7.79. The molecule has 0 saturated heterocycles. The molecule has 14 heavy (non-hydrogen) atoms. The first-order valence-corrected chi connectivity index (χ1v) is 4.12. The summed E-state index contributed by atoms with van der Waals surface area (Å²) in [5.41, 5.74) is 0.223. The van der Waals surface area contributed by atoms with Crippen LogP contribution in [0.15, 0.2) is 18.8 Å². The van der Waals surface area contributed by atoms with Gasteiger partial charge in [-0.2, -0.15) is 4.39 Å². The summed E-state index contributed by atoms with van der Waals surface area (Å²) in [4.78, 5) is 13.9. The molecule has 0 N–H and O–H groups in total.